The van der Waals surface area contributed by atoms with E-state index in [1.54, 1.807) is 0 Å². The van der Waals surface area contributed by atoms with Gasteiger partial charge in [0, 0.05) is 19.5 Å². The molecule has 0 radical (unpaired) electrons. The molecule has 0 bridgehead atoms. The number of amides is 1. The molecule has 23 heavy (non-hydrogen) atoms. The number of ether oxygens (including phenoxy) is 2. The summed E-state index contributed by atoms with van der Waals surface area (Å²) in [5.41, 5.74) is 0. The van der Waals surface area contributed by atoms with Crippen molar-refractivity contribution < 1.29 is 14.3 Å². The Hall–Kier alpha value is -1.71. The first-order valence-electron chi connectivity index (χ1n) is 8.82. The van der Waals surface area contributed by atoms with E-state index in [4.69, 9.17) is 9.47 Å². The summed E-state index contributed by atoms with van der Waals surface area (Å²) in [7, 11) is 1.95. The summed E-state index contributed by atoms with van der Waals surface area (Å²) in [6.45, 7) is 3.11. The van der Waals surface area contributed by atoms with E-state index in [-0.39, 0.29) is 5.91 Å². The van der Waals surface area contributed by atoms with Crippen molar-refractivity contribution in [2.45, 2.75) is 57.9 Å². The topological polar surface area (TPSA) is 38.8 Å². The summed E-state index contributed by atoms with van der Waals surface area (Å²) in [6.07, 6.45) is 7.39. The molecule has 4 heteroatoms. The molecule has 1 aromatic rings. The zero-order valence-electron chi connectivity index (χ0n) is 14.4. The molecule has 0 spiro atoms. The summed E-state index contributed by atoms with van der Waals surface area (Å²) < 4.78 is 11.3. The van der Waals surface area contributed by atoms with E-state index in [1.807, 2.05) is 43.1 Å². The lowest BCUT2D eigenvalue weighted by Gasteiger charge is -2.31. The van der Waals surface area contributed by atoms with Crippen LogP contribution in [0.5, 0.6) is 11.5 Å². The van der Waals surface area contributed by atoms with Gasteiger partial charge in [0.1, 0.15) is 0 Å². The molecule has 1 aliphatic rings. The van der Waals surface area contributed by atoms with E-state index < -0.39 is 0 Å². The van der Waals surface area contributed by atoms with Crippen LogP contribution in [0.2, 0.25) is 0 Å². The highest BCUT2D eigenvalue weighted by atomic mass is 16.5. The fourth-order valence-electron chi connectivity index (χ4n) is 3.10. The number of carbonyl (C=O) groups is 1. The van der Waals surface area contributed by atoms with Crippen molar-refractivity contribution in [1.82, 2.24) is 4.90 Å². The number of nitrogens with zero attached hydrogens (tertiary/aromatic N) is 1. The van der Waals surface area contributed by atoms with Crippen LogP contribution in [-0.4, -0.2) is 37.1 Å². The Kier molecular flexibility index (Phi) is 7.24. The largest absolute Gasteiger partial charge is 0.490 e. The van der Waals surface area contributed by atoms with Gasteiger partial charge in [0.05, 0.1) is 13.2 Å². The maximum Gasteiger partial charge on any atom is 0.222 e. The van der Waals surface area contributed by atoms with Crippen LogP contribution >= 0.6 is 0 Å². The molecule has 1 aliphatic carbocycles. The molecule has 128 valence electrons. The van der Waals surface area contributed by atoms with Crippen LogP contribution in [0.25, 0.3) is 0 Å². The van der Waals surface area contributed by atoms with Gasteiger partial charge in [-0.05, 0) is 38.3 Å². The monoisotopic (exact) mass is 319 g/mol. The van der Waals surface area contributed by atoms with Crippen molar-refractivity contribution >= 4 is 5.91 Å². The Morgan fingerprint density at radius 3 is 2.43 bits per heavy atom. The van der Waals surface area contributed by atoms with E-state index in [9.17, 15) is 4.79 Å². The standard InChI is InChI=1S/C19H29NO3/c1-3-22-17-12-7-8-13-18(17)23-15-9-14-19(21)20(2)16-10-5-4-6-11-16/h7-8,12-13,16H,3-6,9-11,14-15H2,1-2H3. The van der Waals surface area contributed by atoms with Gasteiger partial charge in [0.25, 0.3) is 0 Å². The highest BCUT2D eigenvalue weighted by Crippen LogP contribution is 2.26. The summed E-state index contributed by atoms with van der Waals surface area (Å²) >= 11 is 0. The number of hydrogen-bond acceptors (Lipinski definition) is 3. The lowest BCUT2D eigenvalue weighted by atomic mass is 9.94. The second-order valence-electron chi connectivity index (χ2n) is 6.13. The fraction of sp³-hybridized carbons (Fsp3) is 0.632. The van der Waals surface area contributed by atoms with Crippen molar-refractivity contribution in [1.29, 1.82) is 0 Å². The van der Waals surface area contributed by atoms with Gasteiger partial charge in [-0.2, -0.15) is 0 Å². The Bertz CT molecular complexity index is 483. The molecular weight excluding hydrogens is 290 g/mol. The smallest absolute Gasteiger partial charge is 0.222 e. The Morgan fingerprint density at radius 1 is 1.13 bits per heavy atom. The quantitative estimate of drug-likeness (QED) is 0.679. The molecule has 0 heterocycles. The van der Waals surface area contributed by atoms with E-state index >= 15 is 0 Å². The van der Waals surface area contributed by atoms with E-state index in [0.717, 1.165) is 30.8 Å². The molecule has 4 nitrogen and oxygen atoms in total. The van der Waals surface area contributed by atoms with E-state index in [1.165, 1.54) is 19.3 Å². The Morgan fingerprint density at radius 2 is 1.78 bits per heavy atom. The molecule has 0 N–H and O–H groups in total. The third-order valence-electron chi connectivity index (χ3n) is 4.46. The van der Waals surface area contributed by atoms with Crippen molar-refractivity contribution in [3.63, 3.8) is 0 Å². The first-order valence-corrected chi connectivity index (χ1v) is 8.82. The predicted molar refractivity (Wildman–Crippen MR) is 92.0 cm³/mol. The number of hydrogen-bond donors (Lipinski definition) is 0. The Labute approximate surface area is 139 Å². The maximum atomic E-state index is 12.3. The van der Waals surface area contributed by atoms with Crippen LogP contribution in [0.4, 0.5) is 0 Å². The van der Waals surface area contributed by atoms with Crippen LogP contribution in [0.1, 0.15) is 51.9 Å². The molecule has 0 unspecified atom stereocenters. The highest BCUT2D eigenvalue weighted by molar-refractivity contribution is 5.76. The number of rotatable bonds is 8. The van der Waals surface area contributed by atoms with E-state index in [0.29, 0.717) is 25.7 Å². The molecular formula is C19H29NO3. The average molecular weight is 319 g/mol. The van der Waals surface area contributed by atoms with Gasteiger partial charge >= 0.3 is 0 Å². The number of carbonyl (C=O) groups excluding carboxylic acids is 1. The minimum atomic E-state index is 0.235. The zero-order valence-corrected chi connectivity index (χ0v) is 14.4. The molecule has 0 saturated heterocycles. The van der Waals surface area contributed by atoms with Crippen molar-refractivity contribution in [3.8, 4) is 11.5 Å². The lowest BCUT2D eigenvalue weighted by Crippen LogP contribution is -2.38. The molecule has 0 aromatic heterocycles. The van der Waals surface area contributed by atoms with Crippen LogP contribution in [0.3, 0.4) is 0 Å². The summed E-state index contributed by atoms with van der Waals surface area (Å²) in [6, 6.07) is 8.11. The minimum absolute atomic E-state index is 0.235. The van der Waals surface area contributed by atoms with Crippen LogP contribution in [-0.2, 0) is 4.79 Å². The first kappa shape index (κ1) is 17.6. The number of benzene rings is 1. The molecule has 2 rings (SSSR count). The van der Waals surface area contributed by atoms with Crippen LogP contribution in [0.15, 0.2) is 24.3 Å². The SMILES string of the molecule is CCOc1ccccc1OCCCC(=O)N(C)C1CCCCC1. The maximum absolute atomic E-state index is 12.3. The van der Waals surface area contributed by atoms with Gasteiger partial charge in [-0.1, -0.05) is 31.4 Å². The third kappa shape index (κ3) is 5.45. The average Bonchev–Trinajstić information content (AvgIpc) is 2.60. The first-order chi connectivity index (χ1) is 11.2. The van der Waals surface area contributed by atoms with E-state index in [2.05, 4.69) is 0 Å². The third-order valence-corrected chi connectivity index (χ3v) is 4.46. The minimum Gasteiger partial charge on any atom is -0.490 e. The van der Waals surface area contributed by atoms with Crippen molar-refractivity contribution in [2.24, 2.45) is 0 Å². The van der Waals surface area contributed by atoms with Crippen LogP contribution in [0, 0.1) is 0 Å². The second kappa shape index (κ2) is 9.43. The van der Waals surface area contributed by atoms with Crippen LogP contribution < -0.4 is 9.47 Å². The van der Waals surface area contributed by atoms with Gasteiger partial charge in [-0.15, -0.1) is 0 Å². The molecule has 1 amide bonds. The summed E-state index contributed by atoms with van der Waals surface area (Å²) in [4.78, 5) is 14.2. The Balaban J connectivity index is 1.71. The molecule has 0 atom stereocenters. The van der Waals surface area contributed by atoms with Gasteiger partial charge in [-0.25, -0.2) is 0 Å². The van der Waals surface area contributed by atoms with Crippen molar-refractivity contribution in [2.75, 3.05) is 20.3 Å². The summed E-state index contributed by atoms with van der Waals surface area (Å²) in [5.74, 6) is 1.75. The second-order valence-corrected chi connectivity index (χ2v) is 6.13. The molecule has 1 fully saturated rings. The predicted octanol–water partition coefficient (Wildman–Crippen LogP) is 4.04. The van der Waals surface area contributed by atoms with Gasteiger partial charge in [-0.3, -0.25) is 4.79 Å². The zero-order chi connectivity index (χ0) is 16.5. The van der Waals surface area contributed by atoms with Gasteiger partial charge in [0.2, 0.25) is 5.91 Å². The number of para-hydroxylation sites is 2. The summed E-state index contributed by atoms with van der Waals surface area (Å²) in [5, 5.41) is 0. The molecule has 1 aromatic carbocycles. The highest BCUT2D eigenvalue weighted by Gasteiger charge is 2.21. The molecule has 0 aliphatic heterocycles. The van der Waals surface area contributed by atoms with Gasteiger partial charge in [0.15, 0.2) is 11.5 Å². The normalized spacial score (nSPS) is 15.2. The lowest BCUT2D eigenvalue weighted by molar-refractivity contribution is -0.132. The van der Waals surface area contributed by atoms with Crippen molar-refractivity contribution in [3.05, 3.63) is 24.3 Å². The molecule has 1 saturated carbocycles. The van der Waals surface area contributed by atoms with Gasteiger partial charge < -0.3 is 14.4 Å². The fourth-order valence-corrected chi connectivity index (χ4v) is 3.10.